The van der Waals surface area contributed by atoms with E-state index in [9.17, 15) is 44.1 Å². The van der Waals surface area contributed by atoms with Crippen LogP contribution in [0.25, 0.3) is 0 Å². The molecular formula is C42H75AlO15. The number of aliphatic carboxylic acids is 3. The number of ketones is 3. The van der Waals surface area contributed by atoms with E-state index < -0.39 is 52.1 Å². The number of carboxylic acids is 3. The first-order valence-corrected chi connectivity index (χ1v) is 20.6. The van der Waals surface area contributed by atoms with Crippen LogP contribution >= 0.6 is 0 Å². The molecule has 16 heteroatoms. The van der Waals surface area contributed by atoms with Crippen LogP contribution in [0.5, 0.6) is 0 Å². The molecule has 0 aromatic heterocycles. The number of carbonyl (C=O) groups is 6. The van der Waals surface area contributed by atoms with Crippen molar-refractivity contribution in [1.82, 2.24) is 0 Å². The van der Waals surface area contributed by atoms with E-state index in [0.717, 1.165) is 19.3 Å². The molecule has 0 fully saturated rings. The fourth-order valence-electron chi connectivity index (χ4n) is 4.59. The second kappa shape index (κ2) is 32.5. The van der Waals surface area contributed by atoms with Crippen LogP contribution < -0.4 is 15.3 Å². The summed E-state index contributed by atoms with van der Waals surface area (Å²) in [6, 6.07) is 0. The van der Waals surface area contributed by atoms with E-state index in [0.29, 0.717) is 19.3 Å². The van der Waals surface area contributed by atoms with Gasteiger partial charge in [-0.2, -0.15) is 0 Å². The van der Waals surface area contributed by atoms with Gasteiger partial charge in [0, 0.05) is 0 Å². The number of rotatable bonds is 30. The zero-order chi connectivity index (χ0) is 45.2. The summed E-state index contributed by atoms with van der Waals surface area (Å²) in [4.78, 5) is 70.5. The van der Waals surface area contributed by atoms with Crippen molar-refractivity contribution < 1.29 is 72.5 Å². The molecule has 0 aliphatic carbocycles. The van der Waals surface area contributed by atoms with Crippen LogP contribution in [0, 0.1) is 0 Å². The molecule has 0 saturated carbocycles. The summed E-state index contributed by atoms with van der Waals surface area (Å²) in [5, 5.41) is 34.0. The van der Waals surface area contributed by atoms with Crippen LogP contribution in [-0.2, 0) is 57.2 Å². The minimum atomic E-state index is -1.90. The molecule has 0 heterocycles. The molecule has 0 bridgehead atoms. The van der Waals surface area contributed by atoms with E-state index in [2.05, 4.69) is 0 Å². The Kier molecular flexibility index (Phi) is 34.9. The van der Waals surface area contributed by atoms with Gasteiger partial charge < -0.3 is 58.1 Å². The zero-order valence-electron chi connectivity index (χ0n) is 38.2. The number of carboxylic acid groups (broad SMARTS) is 3. The van der Waals surface area contributed by atoms with Gasteiger partial charge in [-0.05, 0) is 99.3 Å². The van der Waals surface area contributed by atoms with Crippen LogP contribution in [0.2, 0.25) is 0 Å². The van der Waals surface area contributed by atoms with Crippen molar-refractivity contribution in [2.75, 3.05) is 19.8 Å². The van der Waals surface area contributed by atoms with Gasteiger partial charge >= 0.3 is 17.4 Å². The standard InChI is InChI=1S/3C14H26O5.Al/c3*1-6-10(4)18-9-12(15)14(8-3,13(16)17)19-11(5)7-2;/h3*10-11H,6-9H2,1-5H3,(H,16,17);/q;;;+3/p-3. The predicted octanol–water partition coefficient (Wildman–Crippen LogP) is 2.87. The Bertz CT molecular complexity index is 1060. The molecule has 0 aromatic rings. The molecule has 0 aromatic carbocycles. The molecule has 9 unspecified atom stereocenters. The number of hydrogen-bond acceptors (Lipinski definition) is 15. The first-order chi connectivity index (χ1) is 26.5. The molecule has 15 nitrogen and oxygen atoms in total. The van der Waals surface area contributed by atoms with Gasteiger partial charge in [0.25, 0.3) is 0 Å². The summed E-state index contributed by atoms with van der Waals surface area (Å²) < 4.78 is 32.2. The molecule has 0 rings (SSSR count). The van der Waals surface area contributed by atoms with Crippen molar-refractivity contribution >= 4 is 52.6 Å². The maximum absolute atomic E-state index is 12.1. The smallest absolute Gasteiger partial charge is 0.546 e. The Labute approximate surface area is 359 Å². The van der Waals surface area contributed by atoms with E-state index in [1.165, 1.54) is 0 Å². The number of hydrogen-bond donors (Lipinski definition) is 0. The van der Waals surface area contributed by atoms with Gasteiger partial charge in [-0.1, -0.05) is 62.3 Å². The first-order valence-electron chi connectivity index (χ1n) is 20.6. The molecule has 0 spiro atoms. The molecule has 0 amide bonds. The largest absolute Gasteiger partial charge is 3.00 e. The fourth-order valence-corrected chi connectivity index (χ4v) is 4.59. The second-order valence-corrected chi connectivity index (χ2v) is 14.3. The van der Waals surface area contributed by atoms with Crippen LogP contribution in [0.4, 0.5) is 0 Å². The van der Waals surface area contributed by atoms with Gasteiger partial charge in [0.2, 0.25) is 0 Å². The summed E-state index contributed by atoms with van der Waals surface area (Å²) in [7, 11) is 0. The maximum atomic E-state index is 12.1. The molecular weight excluding hydrogens is 771 g/mol. The van der Waals surface area contributed by atoms with Gasteiger partial charge in [0.05, 0.1) is 54.5 Å². The van der Waals surface area contributed by atoms with Crippen molar-refractivity contribution in [2.45, 2.75) is 215 Å². The van der Waals surface area contributed by atoms with Gasteiger partial charge in [-0.15, -0.1) is 0 Å². The molecule has 0 radical (unpaired) electrons. The van der Waals surface area contributed by atoms with Crippen LogP contribution in [0.15, 0.2) is 0 Å². The monoisotopic (exact) mass is 846 g/mol. The van der Waals surface area contributed by atoms with E-state index >= 15 is 0 Å². The molecule has 0 aliphatic heterocycles. The van der Waals surface area contributed by atoms with Gasteiger partial charge in [-0.25, -0.2) is 0 Å². The second-order valence-electron chi connectivity index (χ2n) is 14.3. The van der Waals surface area contributed by atoms with Gasteiger partial charge in [0.15, 0.2) is 34.2 Å². The number of Topliss-reactive ketones (excluding diaryl/α,β-unsaturated/α-hetero) is 3. The van der Waals surface area contributed by atoms with Crippen molar-refractivity contribution in [3.05, 3.63) is 0 Å². The van der Waals surface area contributed by atoms with Crippen LogP contribution in [-0.4, -0.2) is 126 Å². The predicted molar refractivity (Wildman–Crippen MR) is 214 cm³/mol. The third-order valence-corrected chi connectivity index (χ3v) is 9.99. The molecule has 58 heavy (non-hydrogen) atoms. The quantitative estimate of drug-likeness (QED) is 0.0748. The minimum absolute atomic E-state index is 0. The van der Waals surface area contributed by atoms with Gasteiger partial charge in [-0.3, -0.25) is 14.4 Å². The van der Waals surface area contributed by atoms with Gasteiger partial charge in [0.1, 0.15) is 19.8 Å². The Morgan fingerprint density at radius 1 is 0.379 bits per heavy atom. The topological polar surface area (TPSA) is 227 Å². The molecule has 0 aliphatic rings. The summed E-state index contributed by atoms with van der Waals surface area (Å²) in [6.45, 7) is 26.0. The molecule has 336 valence electrons. The van der Waals surface area contributed by atoms with E-state index in [4.69, 9.17) is 28.4 Å². The Morgan fingerprint density at radius 2 is 0.552 bits per heavy atom. The average Bonchev–Trinajstić information content (AvgIpc) is 3.20. The average molecular weight is 847 g/mol. The number of ether oxygens (including phenoxy) is 6. The first kappa shape index (κ1) is 62.4. The van der Waals surface area contributed by atoms with Crippen molar-refractivity contribution in [1.29, 1.82) is 0 Å². The van der Waals surface area contributed by atoms with Crippen molar-refractivity contribution in [2.24, 2.45) is 0 Å². The Hall–Kier alpha value is -2.29. The van der Waals surface area contributed by atoms with E-state index in [-0.39, 0.29) is 93.1 Å². The molecule has 9 atom stereocenters. The normalized spacial score (nSPS) is 17.2. The Balaban J connectivity index is -0.000000374. The summed E-state index contributed by atoms with van der Waals surface area (Å²) >= 11 is 0. The van der Waals surface area contributed by atoms with E-state index in [1.807, 2.05) is 62.3 Å². The Morgan fingerprint density at radius 3 is 0.672 bits per heavy atom. The van der Waals surface area contributed by atoms with Crippen LogP contribution in [0.1, 0.15) is 162 Å². The third kappa shape index (κ3) is 20.8. The van der Waals surface area contributed by atoms with E-state index in [1.54, 1.807) is 41.5 Å². The van der Waals surface area contributed by atoms with Crippen molar-refractivity contribution in [3.63, 3.8) is 0 Å². The maximum Gasteiger partial charge on any atom is 3.00 e. The number of carbonyl (C=O) groups excluding carboxylic acids is 6. The zero-order valence-corrected chi connectivity index (χ0v) is 39.3. The summed E-state index contributed by atoms with van der Waals surface area (Å²) in [5.41, 5.74) is -5.70. The minimum Gasteiger partial charge on any atom is -0.546 e. The third-order valence-electron chi connectivity index (χ3n) is 9.99. The van der Waals surface area contributed by atoms with Crippen LogP contribution in [0.3, 0.4) is 0 Å². The molecule has 0 saturated heterocycles. The molecule has 0 N–H and O–H groups in total. The van der Waals surface area contributed by atoms with Crippen molar-refractivity contribution in [3.8, 4) is 0 Å². The SMILES string of the molecule is CCC(C)OCC(=O)C(CC)(OC(C)CC)C(=O)[O-].CCC(C)OCC(=O)C(CC)(OC(C)CC)C(=O)[O-].CCC(C)OCC(=O)C(CC)(OC(C)CC)C(=O)[O-].[Al+3]. The fraction of sp³-hybridized carbons (Fsp3) is 0.857. The summed E-state index contributed by atoms with van der Waals surface area (Å²) in [6.07, 6.45) is 2.94. The summed E-state index contributed by atoms with van der Waals surface area (Å²) in [5.74, 6) is -6.24.